The molecule has 2 aliphatic rings. The Kier molecular flexibility index (Phi) is 4.50. The minimum atomic E-state index is -0.466. The SMILES string of the molecule is [2H]c1c([2H])c([2H])c(-c2cccc3c2oc2ccc(Nc4ccc5c(c4)C4(c6ccccc6S5)c5ccccc5-c5ccccc54)cc23)c([2H])c1[2H]. The summed E-state index contributed by atoms with van der Waals surface area (Å²) in [5.74, 6) is 0. The highest BCUT2D eigenvalue weighted by Gasteiger charge is 2.50. The number of nitrogens with one attached hydrogen (secondary N) is 1. The van der Waals surface area contributed by atoms with E-state index in [9.17, 15) is 0 Å². The number of fused-ring (bicyclic) bond motifs is 12. The van der Waals surface area contributed by atoms with Gasteiger partial charge in [-0.15, -0.1) is 0 Å². The van der Waals surface area contributed by atoms with E-state index in [4.69, 9.17) is 11.3 Å². The predicted octanol–water partition coefficient (Wildman–Crippen LogP) is 11.8. The highest BCUT2D eigenvalue weighted by molar-refractivity contribution is 7.99. The van der Waals surface area contributed by atoms with Crippen LogP contribution in [-0.4, -0.2) is 0 Å². The van der Waals surface area contributed by atoms with Gasteiger partial charge < -0.3 is 9.73 Å². The van der Waals surface area contributed by atoms with E-state index in [1.54, 1.807) is 6.07 Å². The van der Waals surface area contributed by atoms with Crippen LogP contribution in [0.25, 0.3) is 44.2 Å². The fourth-order valence-electron chi connectivity index (χ4n) is 7.56. The van der Waals surface area contributed by atoms with Crippen molar-refractivity contribution in [1.29, 1.82) is 0 Å². The predicted molar refractivity (Wildman–Crippen MR) is 190 cm³/mol. The number of hydrogen-bond donors (Lipinski definition) is 1. The quantitative estimate of drug-likeness (QED) is 0.215. The van der Waals surface area contributed by atoms with Crippen LogP contribution in [0.4, 0.5) is 11.4 Å². The molecule has 7 aromatic carbocycles. The van der Waals surface area contributed by atoms with E-state index in [0.29, 0.717) is 16.7 Å². The normalized spacial score (nSPS) is 15.3. The zero-order valence-corrected chi connectivity index (χ0v) is 25.3. The van der Waals surface area contributed by atoms with Crippen LogP contribution >= 0.6 is 11.8 Å². The molecule has 46 heavy (non-hydrogen) atoms. The van der Waals surface area contributed by atoms with Crippen molar-refractivity contribution in [1.82, 2.24) is 0 Å². The average molecular weight is 611 g/mol. The third-order valence-electron chi connectivity index (χ3n) is 9.40. The number of furan rings is 1. The summed E-state index contributed by atoms with van der Waals surface area (Å²) >= 11 is 1.82. The van der Waals surface area contributed by atoms with Crippen molar-refractivity contribution >= 4 is 45.1 Å². The van der Waals surface area contributed by atoms with Gasteiger partial charge in [0.25, 0.3) is 0 Å². The molecule has 1 spiro atoms. The minimum Gasteiger partial charge on any atom is -0.455 e. The fourth-order valence-corrected chi connectivity index (χ4v) is 8.73. The molecule has 1 aliphatic heterocycles. The number of anilines is 2. The highest BCUT2D eigenvalue weighted by Crippen LogP contribution is 2.62. The van der Waals surface area contributed by atoms with Gasteiger partial charge in [0.05, 0.1) is 12.3 Å². The molecule has 0 unspecified atom stereocenters. The molecule has 3 heteroatoms. The van der Waals surface area contributed by atoms with Crippen LogP contribution in [0.15, 0.2) is 172 Å². The van der Waals surface area contributed by atoms with E-state index in [2.05, 4.69) is 96.3 Å². The number of benzene rings is 7. The number of para-hydroxylation sites is 1. The van der Waals surface area contributed by atoms with Crippen molar-refractivity contribution in [3.05, 3.63) is 180 Å². The molecule has 0 bridgehead atoms. The van der Waals surface area contributed by atoms with Crippen molar-refractivity contribution in [3.63, 3.8) is 0 Å². The fraction of sp³-hybridized carbons (Fsp3) is 0.0233. The summed E-state index contributed by atoms with van der Waals surface area (Å²) in [6, 6.07) is 42.8. The molecule has 2 heterocycles. The summed E-state index contributed by atoms with van der Waals surface area (Å²) in [5, 5.41) is 5.35. The number of rotatable bonds is 3. The van der Waals surface area contributed by atoms with Gasteiger partial charge in [0, 0.05) is 37.5 Å². The Morgan fingerprint density at radius 1 is 0.543 bits per heavy atom. The van der Waals surface area contributed by atoms with Gasteiger partial charge >= 0.3 is 0 Å². The maximum Gasteiger partial charge on any atom is 0.143 e. The van der Waals surface area contributed by atoms with Crippen molar-refractivity contribution in [2.45, 2.75) is 15.2 Å². The largest absolute Gasteiger partial charge is 0.455 e. The summed E-state index contributed by atoms with van der Waals surface area (Å²) in [6.45, 7) is 0. The number of hydrogen-bond acceptors (Lipinski definition) is 3. The van der Waals surface area contributed by atoms with Gasteiger partial charge in [-0.3, -0.25) is 0 Å². The van der Waals surface area contributed by atoms with Gasteiger partial charge in [-0.05, 0) is 81.4 Å². The Labute approximate surface area is 278 Å². The Morgan fingerprint density at radius 2 is 1.20 bits per heavy atom. The Morgan fingerprint density at radius 3 is 2.00 bits per heavy atom. The summed E-state index contributed by atoms with van der Waals surface area (Å²) in [7, 11) is 0. The molecule has 0 amide bonds. The molecule has 8 aromatic rings. The van der Waals surface area contributed by atoms with Crippen molar-refractivity contribution in [3.8, 4) is 22.3 Å². The van der Waals surface area contributed by atoms with Crippen LogP contribution in [0.2, 0.25) is 0 Å². The van der Waals surface area contributed by atoms with E-state index >= 15 is 0 Å². The molecule has 10 rings (SSSR count). The van der Waals surface area contributed by atoms with Gasteiger partial charge in [-0.25, -0.2) is 0 Å². The summed E-state index contributed by atoms with van der Waals surface area (Å²) in [4.78, 5) is 2.49. The molecule has 0 atom stereocenters. The van der Waals surface area contributed by atoms with Crippen molar-refractivity contribution < 1.29 is 11.3 Å². The molecule has 1 aromatic heterocycles. The Hall–Kier alpha value is -5.51. The molecule has 0 saturated carbocycles. The van der Waals surface area contributed by atoms with Crippen LogP contribution in [0.3, 0.4) is 0 Å². The van der Waals surface area contributed by atoms with E-state index < -0.39 is 11.5 Å². The first-order valence-electron chi connectivity index (χ1n) is 17.8. The van der Waals surface area contributed by atoms with Gasteiger partial charge in [-0.2, -0.15) is 0 Å². The van der Waals surface area contributed by atoms with E-state index in [-0.39, 0.29) is 29.7 Å². The zero-order valence-electron chi connectivity index (χ0n) is 29.4. The summed E-state index contributed by atoms with van der Waals surface area (Å²) in [5.41, 5.74) is 10.7. The summed E-state index contributed by atoms with van der Waals surface area (Å²) < 4.78 is 47.9. The lowest BCUT2D eigenvalue weighted by Gasteiger charge is -2.39. The Bertz CT molecular complexity index is 2720. The topological polar surface area (TPSA) is 25.2 Å². The minimum absolute atomic E-state index is 0.126. The monoisotopic (exact) mass is 610 g/mol. The third kappa shape index (κ3) is 3.55. The van der Waals surface area contributed by atoms with Crippen LogP contribution in [0.1, 0.15) is 29.1 Å². The molecule has 0 fully saturated rings. The second kappa shape index (κ2) is 9.74. The van der Waals surface area contributed by atoms with E-state index in [0.717, 1.165) is 22.1 Å². The maximum absolute atomic E-state index is 8.56. The zero-order chi connectivity index (χ0) is 34.6. The van der Waals surface area contributed by atoms with Crippen molar-refractivity contribution in [2.75, 3.05) is 5.32 Å². The third-order valence-corrected chi connectivity index (χ3v) is 10.6. The van der Waals surface area contributed by atoms with Gasteiger partial charge in [0.2, 0.25) is 0 Å². The lowest BCUT2D eigenvalue weighted by atomic mass is 9.67. The molecule has 1 N–H and O–H groups in total. The maximum atomic E-state index is 8.56. The molecule has 1 aliphatic carbocycles. The van der Waals surface area contributed by atoms with Crippen LogP contribution in [0.5, 0.6) is 0 Å². The smallest absolute Gasteiger partial charge is 0.143 e. The lowest BCUT2D eigenvalue weighted by molar-refractivity contribution is 0.670. The second-order valence-electron chi connectivity index (χ2n) is 11.8. The molecule has 0 saturated heterocycles. The summed E-state index contributed by atoms with van der Waals surface area (Å²) in [6.07, 6.45) is 0. The van der Waals surface area contributed by atoms with Crippen molar-refractivity contribution in [2.24, 2.45) is 0 Å². The van der Waals surface area contributed by atoms with Gasteiger partial charge in [-0.1, -0.05) is 127 Å². The lowest BCUT2D eigenvalue weighted by Crippen LogP contribution is -2.32. The van der Waals surface area contributed by atoms with Crippen LogP contribution in [-0.2, 0) is 5.41 Å². The van der Waals surface area contributed by atoms with Gasteiger partial charge in [0.15, 0.2) is 0 Å². The first-order valence-corrected chi connectivity index (χ1v) is 16.1. The van der Waals surface area contributed by atoms with E-state index in [1.165, 1.54) is 43.2 Å². The highest BCUT2D eigenvalue weighted by atomic mass is 32.2. The molecule has 2 nitrogen and oxygen atoms in total. The average Bonchev–Trinajstić information content (AvgIpc) is 3.68. The Balaban J connectivity index is 1.11. The second-order valence-corrected chi connectivity index (χ2v) is 12.9. The molecule has 216 valence electrons. The first-order chi connectivity index (χ1) is 24.9. The van der Waals surface area contributed by atoms with E-state index in [1.807, 2.05) is 42.1 Å². The first kappa shape index (κ1) is 21.3. The molecule has 0 radical (unpaired) electrons. The molecular weight excluding hydrogens is 579 g/mol. The van der Waals surface area contributed by atoms with Gasteiger partial charge in [0.1, 0.15) is 11.2 Å². The standard InChI is InChI=1S/C43H27NOS/c1-2-11-27(12-3-1)30-15-10-16-33-34-25-28(21-23-39(34)45-42(30)33)44-29-22-24-41-38(26-29)43(37-19-8-9-20-40(37)46-41)35-17-6-4-13-31(35)32-14-5-7-18-36(32)43/h1-26,44H/i1D,2D,3D,11D,12D. The van der Waals surface area contributed by atoms with Crippen LogP contribution in [0, 0.1) is 0 Å². The molecular formula is C43H27NOS. The van der Waals surface area contributed by atoms with Crippen LogP contribution < -0.4 is 5.32 Å².